The van der Waals surface area contributed by atoms with Gasteiger partial charge < -0.3 is 0 Å². The molecule has 0 atom stereocenters. The molecule has 0 spiro atoms. The van der Waals surface area contributed by atoms with Gasteiger partial charge in [-0.2, -0.15) is 11.8 Å². The molecule has 4 heteroatoms. The lowest BCUT2D eigenvalue weighted by atomic mass is 10.1. The lowest BCUT2D eigenvalue weighted by Crippen LogP contribution is -2.08. The number of halogens is 2. The third-order valence-electron chi connectivity index (χ3n) is 1.82. The molecular weight excluding hydrogens is 218 g/mol. The molecule has 0 saturated heterocycles. The molecule has 15 heavy (non-hydrogen) atoms. The predicted molar refractivity (Wildman–Crippen MR) is 58.3 cm³/mol. The Morgan fingerprint density at radius 2 is 1.93 bits per heavy atom. The molecule has 0 amide bonds. The summed E-state index contributed by atoms with van der Waals surface area (Å²) in [6, 6.07) is 3.45. The number of hydrogen-bond acceptors (Lipinski definition) is 2. The Morgan fingerprint density at radius 3 is 2.47 bits per heavy atom. The zero-order chi connectivity index (χ0) is 11.3. The summed E-state index contributed by atoms with van der Waals surface area (Å²) in [6.45, 7) is 1.99. The maximum Gasteiger partial charge on any atom is 0.178 e. The lowest BCUT2D eigenvalue weighted by Gasteiger charge is -2.03. The van der Waals surface area contributed by atoms with Gasteiger partial charge in [-0.25, -0.2) is 8.78 Å². The molecule has 0 unspecified atom stereocenters. The number of rotatable bonds is 5. The molecular formula is C11H12F2OS. The standard InChI is InChI=1S/C11H12F2OS/c1-2-6-15-7-10(14)11-8(12)4-3-5-9(11)13/h3-5H,2,6-7H2,1H3. The van der Waals surface area contributed by atoms with Crippen molar-refractivity contribution in [1.29, 1.82) is 0 Å². The van der Waals surface area contributed by atoms with E-state index in [0.29, 0.717) is 0 Å². The van der Waals surface area contributed by atoms with Crippen LogP contribution in [-0.4, -0.2) is 17.3 Å². The fourth-order valence-electron chi connectivity index (χ4n) is 1.15. The van der Waals surface area contributed by atoms with Crippen LogP contribution in [0.15, 0.2) is 18.2 Å². The Labute approximate surface area is 91.9 Å². The summed E-state index contributed by atoms with van der Waals surface area (Å²) < 4.78 is 26.3. The second kappa shape index (κ2) is 5.85. The average molecular weight is 230 g/mol. The minimum atomic E-state index is -0.780. The van der Waals surface area contributed by atoms with Crippen LogP contribution >= 0.6 is 11.8 Å². The van der Waals surface area contributed by atoms with Gasteiger partial charge in [0.2, 0.25) is 0 Å². The molecule has 1 aromatic carbocycles. The van der Waals surface area contributed by atoms with Crippen molar-refractivity contribution in [3.63, 3.8) is 0 Å². The minimum absolute atomic E-state index is 0.131. The largest absolute Gasteiger partial charge is 0.293 e. The van der Waals surface area contributed by atoms with Gasteiger partial charge in [-0.15, -0.1) is 0 Å². The zero-order valence-corrected chi connectivity index (χ0v) is 9.24. The van der Waals surface area contributed by atoms with E-state index in [9.17, 15) is 13.6 Å². The minimum Gasteiger partial charge on any atom is -0.293 e. The van der Waals surface area contributed by atoms with Crippen molar-refractivity contribution >= 4 is 17.5 Å². The van der Waals surface area contributed by atoms with Crippen LogP contribution in [0.3, 0.4) is 0 Å². The van der Waals surface area contributed by atoms with E-state index >= 15 is 0 Å². The van der Waals surface area contributed by atoms with Gasteiger partial charge in [0.25, 0.3) is 0 Å². The predicted octanol–water partition coefficient (Wildman–Crippen LogP) is 3.29. The fourth-order valence-corrected chi connectivity index (χ4v) is 1.91. The third-order valence-corrected chi connectivity index (χ3v) is 2.99. The van der Waals surface area contributed by atoms with E-state index in [0.717, 1.165) is 24.3 Å². The maximum absolute atomic E-state index is 13.1. The summed E-state index contributed by atoms with van der Waals surface area (Å²) in [5, 5.41) is 0. The quantitative estimate of drug-likeness (QED) is 0.570. The van der Waals surface area contributed by atoms with Crippen molar-refractivity contribution in [2.75, 3.05) is 11.5 Å². The van der Waals surface area contributed by atoms with Gasteiger partial charge in [0, 0.05) is 0 Å². The second-order valence-electron chi connectivity index (χ2n) is 3.07. The van der Waals surface area contributed by atoms with Crippen molar-refractivity contribution in [2.45, 2.75) is 13.3 Å². The molecule has 0 bridgehead atoms. The number of thioether (sulfide) groups is 1. The van der Waals surface area contributed by atoms with Crippen LogP contribution < -0.4 is 0 Å². The summed E-state index contributed by atoms with van der Waals surface area (Å²) in [4.78, 5) is 11.5. The molecule has 0 saturated carbocycles. The number of ketones is 1. The molecule has 0 N–H and O–H groups in total. The summed E-state index contributed by atoms with van der Waals surface area (Å²) in [7, 11) is 0. The van der Waals surface area contributed by atoms with E-state index in [4.69, 9.17) is 0 Å². The molecule has 0 aliphatic carbocycles. The SMILES string of the molecule is CCCSCC(=O)c1c(F)cccc1F. The Hall–Kier alpha value is -0.900. The molecule has 0 aliphatic rings. The lowest BCUT2D eigenvalue weighted by molar-refractivity contribution is 0.101. The molecule has 82 valence electrons. The van der Waals surface area contributed by atoms with Gasteiger partial charge in [0.05, 0.1) is 11.3 Å². The molecule has 0 radical (unpaired) electrons. The van der Waals surface area contributed by atoms with Gasteiger partial charge in [-0.05, 0) is 24.3 Å². The van der Waals surface area contributed by atoms with Gasteiger partial charge >= 0.3 is 0 Å². The van der Waals surface area contributed by atoms with Gasteiger partial charge in [-0.1, -0.05) is 13.0 Å². The van der Waals surface area contributed by atoms with Crippen LogP contribution in [0.4, 0.5) is 8.78 Å². The van der Waals surface area contributed by atoms with Gasteiger partial charge in [0.15, 0.2) is 5.78 Å². The first-order valence-electron chi connectivity index (χ1n) is 4.71. The Bertz CT molecular complexity index is 332. The highest BCUT2D eigenvalue weighted by molar-refractivity contribution is 7.99. The second-order valence-corrected chi connectivity index (χ2v) is 4.18. The van der Waals surface area contributed by atoms with Crippen LogP contribution in [0, 0.1) is 11.6 Å². The summed E-state index contributed by atoms with van der Waals surface area (Å²) in [5.74, 6) is -1.09. The van der Waals surface area contributed by atoms with E-state index in [-0.39, 0.29) is 5.75 Å². The number of hydrogen-bond donors (Lipinski definition) is 0. The van der Waals surface area contributed by atoms with Gasteiger partial charge in [-0.3, -0.25) is 4.79 Å². The molecule has 0 aromatic heterocycles. The smallest absolute Gasteiger partial charge is 0.178 e. The van der Waals surface area contributed by atoms with Crippen LogP contribution in [-0.2, 0) is 0 Å². The highest BCUT2D eigenvalue weighted by Gasteiger charge is 2.16. The van der Waals surface area contributed by atoms with E-state index < -0.39 is 23.0 Å². The van der Waals surface area contributed by atoms with E-state index in [2.05, 4.69) is 0 Å². The number of carbonyl (C=O) groups excluding carboxylic acids is 1. The first-order valence-corrected chi connectivity index (χ1v) is 5.87. The van der Waals surface area contributed by atoms with Crippen molar-refractivity contribution in [3.05, 3.63) is 35.4 Å². The summed E-state index contributed by atoms with van der Waals surface area (Å²) in [5.41, 5.74) is -0.416. The highest BCUT2D eigenvalue weighted by Crippen LogP contribution is 2.15. The van der Waals surface area contributed by atoms with E-state index in [1.54, 1.807) is 0 Å². The van der Waals surface area contributed by atoms with Crippen molar-refractivity contribution < 1.29 is 13.6 Å². The van der Waals surface area contributed by atoms with Crippen LogP contribution in [0.2, 0.25) is 0 Å². The first-order chi connectivity index (χ1) is 7.16. The first kappa shape index (κ1) is 12.2. The third kappa shape index (κ3) is 3.30. The Kier molecular flexibility index (Phi) is 4.75. The maximum atomic E-state index is 13.1. The fraction of sp³-hybridized carbons (Fsp3) is 0.364. The number of benzene rings is 1. The summed E-state index contributed by atoms with van der Waals surface area (Å²) >= 11 is 1.39. The van der Waals surface area contributed by atoms with Crippen molar-refractivity contribution in [3.8, 4) is 0 Å². The van der Waals surface area contributed by atoms with Crippen LogP contribution in [0.25, 0.3) is 0 Å². The van der Waals surface area contributed by atoms with Crippen LogP contribution in [0.5, 0.6) is 0 Å². The molecule has 1 aromatic rings. The average Bonchev–Trinajstić information content (AvgIpc) is 2.18. The molecule has 1 rings (SSSR count). The van der Waals surface area contributed by atoms with Gasteiger partial charge in [0.1, 0.15) is 11.6 Å². The van der Waals surface area contributed by atoms with E-state index in [1.165, 1.54) is 17.8 Å². The highest BCUT2D eigenvalue weighted by atomic mass is 32.2. The Balaban J connectivity index is 2.73. The van der Waals surface area contributed by atoms with E-state index in [1.807, 2.05) is 6.92 Å². The summed E-state index contributed by atoms with van der Waals surface area (Å²) in [6.07, 6.45) is 0.942. The molecule has 1 nitrogen and oxygen atoms in total. The molecule has 0 fully saturated rings. The normalized spacial score (nSPS) is 10.3. The number of carbonyl (C=O) groups is 1. The van der Waals surface area contributed by atoms with Crippen LogP contribution in [0.1, 0.15) is 23.7 Å². The van der Waals surface area contributed by atoms with Crippen molar-refractivity contribution in [2.24, 2.45) is 0 Å². The monoisotopic (exact) mass is 230 g/mol. The Morgan fingerprint density at radius 1 is 1.33 bits per heavy atom. The number of Topliss-reactive ketones (excluding diaryl/α,β-unsaturated/α-hetero) is 1. The molecule has 0 aliphatic heterocycles. The molecule has 0 heterocycles. The topological polar surface area (TPSA) is 17.1 Å². The van der Waals surface area contributed by atoms with Crippen molar-refractivity contribution in [1.82, 2.24) is 0 Å². The zero-order valence-electron chi connectivity index (χ0n) is 8.43.